The maximum Gasteiger partial charge on any atom is 0.340 e. The van der Waals surface area contributed by atoms with Crippen molar-refractivity contribution in [3.63, 3.8) is 0 Å². The largest absolute Gasteiger partial charge is 0.456 e. The summed E-state index contributed by atoms with van der Waals surface area (Å²) in [5.74, 6) is 1.69. The van der Waals surface area contributed by atoms with Gasteiger partial charge >= 0.3 is 5.97 Å². The van der Waals surface area contributed by atoms with E-state index in [1.54, 1.807) is 0 Å². The number of hydrogen-bond acceptors (Lipinski definition) is 5. The number of benzene rings is 4. The number of unbranched alkanes of at least 4 members (excludes halogenated alkanes) is 1. The summed E-state index contributed by atoms with van der Waals surface area (Å²) in [6.07, 6.45) is 3.53. The summed E-state index contributed by atoms with van der Waals surface area (Å²) in [5.41, 5.74) is 4.40. The number of fused-ring (bicyclic) bond motifs is 6. The summed E-state index contributed by atoms with van der Waals surface area (Å²) in [6, 6.07) is 27.1. The molecule has 2 aliphatic heterocycles. The average molecular weight is 539 g/mol. The van der Waals surface area contributed by atoms with Crippen molar-refractivity contribution in [3.05, 3.63) is 112 Å². The number of esters is 1. The average Bonchev–Trinajstić information content (AvgIpc) is 3.23. The third kappa shape index (κ3) is 4.61. The molecule has 0 fully saturated rings. The van der Waals surface area contributed by atoms with E-state index in [2.05, 4.69) is 24.5 Å². The van der Waals surface area contributed by atoms with Gasteiger partial charge in [-0.25, -0.2) is 4.79 Å². The van der Waals surface area contributed by atoms with Crippen molar-refractivity contribution >= 4 is 34.6 Å². The van der Waals surface area contributed by atoms with Crippen LogP contribution in [-0.4, -0.2) is 12.5 Å². The van der Waals surface area contributed by atoms with E-state index in [4.69, 9.17) is 21.1 Å². The number of para-hydroxylation sites is 1. The smallest absolute Gasteiger partial charge is 0.340 e. The molecule has 198 valence electrons. The molecule has 4 aromatic carbocycles. The van der Waals surface area contributed by atoms with Gasteiger partial charge < -0.3 is 20.1 Å². The summed E-state index contributed by atoms with van der Waals surface area (Å²) >= 11 is 6.41. The quantitative estimate of drug-likeness (QED) is 0.173. The number of anilines is 3. The highest BCUT2D eigenvalue weighted by Gasteiger charge is 2.53. The third-order valence-corrected chi connectivity index (χ3v) is 7.73. The molecular formula is C33H31ClN2O3. The molecular weight excluding hydrogens is 508 g/mol. The molecule has 0 saturated carbocycles. The highest BCUT2D eigenvalue weighted by molar-refractivity contribution is 6.33. The van der Waals surface area contributed by atoms with Crippen LogP contribution >= 0.6 is 11.6 Å². The van der Waals surface area contributed by atoms with Crippen molar-refractivity contribution in [2.45, 2.75) is 38.7 Å². The molecule has 5 nitrogen and oxygen atoms in total. The number of carbonyl (C=O) groups is 1. The van der Waals surface area contributed by atoms with Crippen LogP contribution in [0.2, 0.25) is 5.02 Å². The second-order valence-electron chi connectivity index (χ2n) is 10.6. The molecule has 0 bridgehead atoms. The zero-order valence-corrected chi connectivity index (χ0v) is 22.8. The second kappa shape index (κ2) is 10.3. The molecule has 0 aromatic heterocycles. The van der Waals surface area contributed by atoms with Gasteiger partial charge in [-0.2, -0.15) is 0 Å². The predicted octanol–water partition coefficient (Wildman–Crippen LogP) is 8.89. The molecule has 1 unspecified atom stereocenters. The van der Waals surface area contributed by atoms with Crippen molar-refractivity contribution in [2.75, 3.05) is 17.2 Å². The van der Waals surface area contributed by atoms with Crippen LogP contribution in [0.25, 0.3) is 0 Å². The van der Waals surface area contributed by atoms with Crippen LogP contribution in [0.15, 0.2) is 84.9 Å². The first kappa shape index (κ1) is 25.3. The van der Waals surface area contributed by atoms with E-state index >= 15 is 0 Å². The first-order valence-corrected chi connectivity index (χ1v) is 13.9. The minimum absolute atomic E-state index is 0.346. The summed E-state index contributed by atoms with van der Waals surface area (Å²) in [4.78, 5) is 13.2. The van der Waals surface area contributed by atoms with Gasteiger partial charge in [-0.1, -0.05) is 68.6 Å². The number of ether oxygens (including phenoxy) is 2. The Morgan fingerprint density at radius 3 is 2.46 bits per heavy atom. The Morgan fingerprint density at radius 1 is 0.821 bits per heavy atom. The molecule has 0 saturated heterocycles. The molecule has 0 amide bonds. The molecule has 6 heteroatoms. The first-order chi connectivity index (χ1) is 19.0. The minimum Gasteiger partial charge on any atom is -0.456 e. The highest BCUT2D eigenvalue weighted by atomic mass is 35.5. The molecule has 2 N–H and O–H groups in total. The van der Waals surface area contributed by atoms with Crippen LogP contribution in [0.5, 0.6) is 11.5 Å². The SMILES string of the molecule is CC(C)CCCCNc1ccc2c(c1)Oc1ccc(Nc3ccccc3Cl)cc1C21OC(=O)c2ccccc21. The van der Waals surface area contributed by atoms with Crippen LogP contribution in [0.4, 0.5) is 17.1 Å². The highest BCUT2D eigenvalue weighted by Crippen LogP contribution is 2.57. The summed E-state index contributed by atoms with van der Waals surface area (Å²) < 4.78 is 12.8. The van der Waals surface area contributed by atoms with Crippen molar-refractivity contribution in [1.29, 1.82) is 0 Å². The van der Waals surface area contributed by atoms with Crippen LogP contribution in [0.3, 0.4) is 0 Å². The molecule has 0 aliphatic carbocycles. The van der Waals surface area contributed by atoms with E-state index in [9.17, 15) is 4.79 Å². The van der Waals surface area contributed by atoms with E-state index in [1.807, 2.05) is 84.9 Å². The Bertz CT molecular complexity index is 1550. The van der Waals surface area contributed by atoms with Gasteiger partial charge in [-0.05, 0) is 60.9 Å². The lowest BCUT2D eigenvalue weighted by Gasteiger charge is -2.37. The topological polar surface area (TPSA) is 59.6 Å². The third-order valence-electron chi connectivity index (χ3n) is 7.40. The van der Waals surface area contributed by atoms with E-state index in [0.29, 0.717) is 22.1 Å². The lowest BCUT2D eigenvalue weighted by atomic mass is 9.77. The number of hydrogen-bond donors (Lipinski definition) is 2. The van der Waals surface area contributed by atoms with Crippen LogP contribution in [-0.2, 0) is 10.3 Å². The van der Waals surface area contributed by atoms with Gasteiger partial charge in [0, 0.05) is 40.7 Å². The van der Waals surface area contributed by atoms with E-state index in [-0.39, 0.29) is 5.97 Å². The molecule has 39 heavy (non-hydrogen) atoms. The number of halogens is 1. The fourth-order valence-electron chi connectivity index (χ4n) is 5.49. The number of nitrogens with one attached hydrogen (secondary N) is 2. The Labute approximate surface area is 234 Å². The van der Waals surface area contributed by atoms with Gasteiger partial charge in [-0.3, -0.25) is 0 Å². The van der Waals surface area contributed by atoms with Gasteiger partial charge in [0.2, 0.25) is 0 Å². The Morgan fingerprint density at radius 2 is 1.62 bits per heavy atom. The van der Waals surface area contributed by atoms with Crippen LogP contribution in [0, 0.1) is 5.92 Å². The molecule has 0 radical (unpaired) electrons. The summed E-state index contributed by atoms with van der Waals surface area (Å²) in [5, 5.41) is 7.55. The monoisotopic (exact) mass is 538 g/mol. The Hall–Kier alpha value is -3.96. The molecule has 4 aromatic rings. The fourth-order valence-corrected chi connectivity index (χ4v) is 5.67. The van der Waals surface area contributed by atoms with Crippen LogP contribution < -0.4 is 15.4 Å². The number of rotatable bonds is 8. The number of carbonyl (C=O) groups excluding carboxylic acids is 1. The Balaban J connectivity index is 1.40. The molecule has 1 spiro atoms. The van der Waals surface area contributed by atoms with Crippen molar-refractivity contribution in [2.24, 2.45) is 5.92 Å². The van der Waals surface area contributed by atoms with E-state index in [1.165, 1.54) is 12.8 Å². The van der Waals surface area contributed by atoms with E-state index < -0.39 is 5.60 Å². The van der Waals surface area contributed by atoms with Gasteiger partial charge in [0.1, 0.15) is 11.5 Å². The maximum atomic E-state index is 13.2. The first-order valence-electron chi connectivity index (χ1n) is 13.5. The molecule has 2 aliphatic rings. The standard InChI is InChI=1S/C33H31ClN2O3/c1-21(2)9-7-8-18-35-22-14-16-26-31(20-22)38-30-17-15-23(36-29-13-6-5-12-28(29)34)19-27(30)33(26)25-11-4-3-10-24(25)32(37)39-33/h3-6,10-17,19-21,35-36H,7-9,18H2,1-2H3. The van der Waals surface area contributed by atoms with Crippen molar-refractivity contribution < 1.29 is 14.3 Å². The van der Waals surface area contributed by atoms with Gasteiger partial charge in [-0.15, -0.1) is 0 Å². The Kier molecular flexibility index (Phi) is 6.69. The van der Waals surface area contributed by atoms with Gasteiger partial charge in [0.25, 0.3) is 0 Å². The van der Waals surface area contributed by atoms with Crippen molar-refractivity contribution in [3.8, 4) is 11.5 Å². The lowest BCUT2D eigenvalue weighted by Crippen LogP contribution is -2.33. The summed E-state index contributed by atoms with van der Waals surface area (Å²) in [7, 11) is 0. The van der Waals surface area contributed by atoms with Gasteiger partial charge in [0.15, 0.2) is 5.60 Å². The zero-order valence-electron chi connectivity index (χ0n) is 22.1. The second-order valence-corrected chi connectivity index (χ2v) is 11.0. The van der Waals surface area contributed by atoms with Gasteiger partial charge in [0.05, 0.1) is 16.3 Å². The fraction of sp³-hybridized carbons (Fsp3) is 0.242. The molecule has 6 rings (SSSR count). The van der Waals surface area contributed by atoms with E-state index in [0.717, 1.165) is 52.6 Å². The maximum absolute atomic E-state index is 13.2. The summed E-state index contributed by atoms with van der Waals surface area (Å²) in [6.45, 7) is 5.40. The zero-order chi connectivity index (χ0) is 27.0. The molecule has 2 heterocycles. The van der Waals surface area contributed by atoms with Crippen molar-refractivity contribution in [1.82, 2.24) is 0 Å². The normalized spacial score (nSPS) is 16.8. The predicted molar refractivity (Wildman–Crippen MR) is 157 cm³/mol. The van der Waals surface area contributed by atoms with Crippen LogP contribution in [0.1, 0.15) is 60.2 Å². The molecule has 1 atom stereocenters. The minimum atomic E-state index is -1.12. The lowest BCUT2D eigenvalue weighted by molar-refractivity contribution is 0.0224.